The summed E-state index contributed by atoms with van der Waals surface area (Å²) in [6, 6.07) is 17.5. The molecule has 1 aromatic heterocycles. The Hall–Kier alpha value is -3.21. The summed E-state index contributed by atoms with van der Waals surface area (Å²) in [4.78, 5) is 14.7. The first-order valence-corrected chi connectivity index (χ1v) is 7.71. The van der Waals surface area contributed by atoms with Crippen LogP contribution < -0.4 is 16.8 Å². The second kappa shape index (κ2) is 6.50. The maximum Gasteiger partial charge on any atom is 0.250 e. The zero-order valence-electron chi connectivity index (χ0n) is 13.5. The molecule has 0 radical (unpaired) electrons. The maximum absolute atomic E-state index is 11.5. The number of H-pyrrole nitrogens is 1. The predicted molar refractivity (Wildman–Crippen MR) is 97.7 cm³/mol. The molecule has 0 saturated carbocycles. The van der Waals surface area contributed by atoms with Gasteiger partial charge in [0.2, 0.25) is 0 Å². The number of amides is 1. The number of carbonyl (C=O) groups is 1. The molecule has 3 rings (SSSR count). The first kappa shape index (κ1) is 15.7. The molecule has 1 heterocycles. The number of primary amides is 1. The number of anilines is 2. The number of carbonyl (C=O) groups excluding carboxylic acids is 1. The zero-order chi connectivity index (χ0) is 17.1. The summed E-state index contributed by atoms with van der Waals surface area (Å²) in [5, 5.41) is 3.43. The molecule has 0 aliphatic carbocycles. The summed E-state index contributed by atoms with van der Waals surface area (Å²) in [6.07, 6.45) is 0. The third-order valence-corrected chi connectivity index (χ3v) is 3.96. The topological polar surface area (TPSA) is 96.9 Å². The van der Waals surface area contributed by atoms with Crippen LogP contribution in [0.1, 0.15) is 21.6 Å². The fourth-order valence-corrected chi connectivity index (χ4v) is 2.66. The van der Waals surface area contributed by atoms with Crippen LogP contribution in [0.2, 0.25) is 0 Å². The first-order valence-electron chi connectivity index (χ1n) is 7.71. The molecule has 24 heavy (non-hydrogen) atoms. The Labute approximate surface area is 140 Å². The van der Waals surface area contributed by atoms with Crippen LogP contribution in [0.25, 0.3) is 11.3 Å². The number of rotatable bonds is 5. The van der Waals surface area contributed by atoms with E-state index in [9.17, 15) is 4.79 Å². The molecular formula is C19H20N4O. The zero-order valence-corrected chi connectivity index (χ0v) is 13.5. The average molecular weight is 320 g/mol. The van der Waals surface area contributed by atoms with E-state index in [2.05, 4.69) is 10.3 Å². The van der Waals surface area contributed by atoms with Gasteiger partial charge in [-0.1, -0.05) is 30.3 Å². The van der Waals surface area contributed by atoms with Crippen molar-refractivity contribution in [2.45, 2.75) is 13.5 Å². The Balaban J connectivity index is 1.86. The van der Waals surface area contributed by atoms with Crippen LogP contribution in [0.4, 0.5) is 11.4 Å². The Bertz CT molecular complexity index is 865. The number of hydrogen-bond donors (Lipinski definition) is 4. The van der Waals surface area contributed by atoms with Gasteiger partial charge in [0.15, 0.2) is 0 Å². The molecule has 0 fully saturated rings. The molecule has 5 nitrogen and oxygen atoms in total. The van der Waals surface area contributed by atoms with Crippen LogP contribution in [-0.4, -0.2) is 10.9 Å². The monoisotopic (exact) mass is 320 g/mol. The fraction of sp³-hybridized carbons (Fsp3) is 0.105. The van der Waals surface area contributed by atoms with Gasteiger partial charge < -0.3 is 21.8 Å². The number of para-hydroxylation sites is 1. The molecule has 0 atom stereocenters. The molecule has 5 heteroatoms. The number of aromatic amines is 1. The van der Waals surface area contributed by atoms with Crippen LogP contribution in [0.3, 0.4) is 0 Å². The van der Waals surface area contributed by atoms with E-state index in [0.717, 1.165) is 33.9 Å². The molecule has 6 N–H and O–H groups in total. The van der Waals surface area contributed by atoms with Gasteiger partial charge in [0.1, 0.15) is 0 Å². The number of nitrogens with two attached hydrogens (primary N) is 2. The van der Waals surface area contributed by atoms with E-state index in [0.29, 0.717) is 12.1 Å². The van der Waals surface area contributed by atoms with Crippen molar-refractivity contribution in [1.82, 2.24) is 4.98 Å². The van der Waals surface area contributed by atoms with Gasteiger partial charge in [-0.25, -0.2) is 0 Å². The Kier molecular flexibility index (Phi) is 4.24. The van der Waals surface area contributed by atoms with Crippen LogP contribution in [-0.2, 0) is 6.54 Å². The Morgan fingerprint density at radius 2 is 1.83 bits per heavy atom. The van der Waals surface area contributed by atoms with Crippen LogP contribution in [0, 0.1) is 6.92 Å². The van der Waals surface area contributed by atoms with Crippen molar-refractivity contribution < 1.29 is 4.79 Å². The van der Waals surface area contributed by atoms with Gasteiger partial charge in [-0.3, -0.25) is 4.79 Å². The van der Waals surface area contributed by atoms with E-state index in [1.807, 2.05) is 55.5 Å². The molecule has 2 aromatic carbocycles. The van der Waals surface area contributed by atoms with E-state index in [1.165, 1.54) is 0 Å². The maximum atomic E-state index is 11.5. The van der Waals surface area contributed by atoms with E-state index < -0.39 is 5.91 Å². The molecule has 0 saturated heterocycles. The lowest BCUT2D eigenvalue weighted by Crippen LogP contribution is -2.10. The van der Waals surface area contributed by atoms with Gasteiger partial charge in [0, 0.05) is 34.9 Å². The highest BCUT2D eigenvalue weighted by Gasteiger charge is 2.13. The average Bonchev–Trinajstić information content (AvgIpc) is 2.96. The number of nitrogen functional groups attached to an aromatic ring is 1. The summed E-state index contributed by atoms with van der Waals surface area (Å²) in [6.45, 7) is 2.52. The molecule has 0 unspecified atom stereocenters. The van der Waals surface area contributed by atoms with Crippen molar-refractivity contribution in [3.63, 3.8) is 0 Å². The molecule has 122 valence electrons. The van der Waals surface area contributed by atoms with Crippen molar-refractivity contribution in [3.05, 3.63) is 71.4 Å². The highest BCUT2D eigenvalue weighted by Crippen LogP contribution is 2.29. The number of aryl methyl sites for hydroxylation is 1. The molecule has 1 amide bonds. The minimum atomic E-state index is -0.428. The smallest absolute Gasteiger partial charge is 0.250 e. The summed E-state index contributed by atoms with van der Waals surface area (Å²) in [5.41, 5.74) is 17.1. The minimum Gasteiger partial charge on any atom is -0.399 e. The van der Waals surface area contributed by atoms with E-state index in [-0.39, 0.29) is 0 Å². The lowest BCUT2D eigenvalue weighted by Gasteiger charge is -2.11. The molecule has 0 aliphatic rings. The molecule has 0 aliphatic heterocycles. The van der Waals surface area contributed by atoms with Crippen molar-refractivity contribution >= 4 is 17.3 Å². The van der Waals surface area contributed by atoms with Crippen molar-refractivity contribution in [3.8, 4) is 11.3 Å². The highest BCUT2D eigenvalue weighted by atomic mass is 16.1. The first-order chi connectivity index (χ1) is 11.5. The second-order valence-electron chi connectivity index (χ2n) is 5.73. The Morgan fingerprint density at radius 3 is 2.50 bits per heavy atom. The van der Waals surface area contributed by atoms with Crippen LogP contribution >= 0.6 is 0 Å². The van der Waals surface area contributed by atoms with Crippen LogP contribution in [0.15, 0.2) is 54.6 Å². The summed E-state index contributed by atoms with van der Waals surface area (Å²) >= 11 is 0. The Morgan fingerprint density at radius 1 is 1.12 bits per heavy atom. The third-order valence-electron chi connectivity index (χ3n) is 3.96. The number of hydrogen-bond acceptors (Lipinski definition) is 3. The van der Waals surface area contributed by atoms with E-state index >= 15 is 0 Å². The van der Waals surface area contributed by atoms with Crippen LogP contribution in [0.5, 0.6) is 0 Å². The fourth-order valence-electron chi connectivity index (χ4n) is 2.66. The van der Waals surface area contributed by atoms with E-state index in [1.54, 1.807) is 6.07 Å². The highest BCUT2D eigenvalue weighted by molar-refractivity contribution is 5.96. The van der Waals surface area contributed by atoms with Gasteiger partial charge in [-0.15, -0.1) is 0 Å². The normalized spacial score (nSPS) is 10.5. The van der Waals surface area contributed by atoms with E-state index in [4.69, 9.17) is 11.5 Å². The lowest BCUT2D eigenvalue weighted by atomic mass is 10.1. The van der Waals surface area contributed by atoms with Gasteiger partial charge in [0.25, 0.3) is 5.91 Å². The number of benzene rings is 2. The van der Waals surface area contributed by atoms with Crippen molar-refractivity contribution in [1.29, 1.82) is 0 Å². The van der Waals surface area contributed by atoms with Crippen molar-refractivity contribution in [2.24, 2.45) is 5.73 Å². The summed E-state index contributed by atoms with van der Waals surface area (Å²) in [7, 11) is 0. The minimum absolute atomic E-state index is 0.428. The number of nitrogens with one attached hydrogen (secondary N) is 2. The third kappa shape index (κ3) is 3.25. The van der Waals surface area contributed by atoms with Gasteiger partial charge in [-0.2, -0.15) is 0 Å². The molecular weight excluding hydrogens is 300 g/mol. The largest absolute Gasteiger partial charge is 0.399 e. The number of aromatic nitrogens is 1. The standard InChI is InChI=1S/C19H20N4O/c1-12-16(19(21)24)10-18(23-12)15-4-2-3-5-17(15)22-11-13-6-8-14(20)9-7-13/h2-10,22-23H,11,20H2,1H3,(H2,21,24). The summed E-state index contributed by atoms with van der Waals surface area (Å²) in [5.74, 6) is -0.428. The van der Waals surface area contributed by atoms with Gasteiger partial charge in [-0.05, 0) is 36.8 Å². The van der Waals surface area contributed by atoms with Crippen molar-refractivity contribution in [2.75, 3.05) is 11.1 Å². The molecule has 0 spiro atoms. The summed E-state index contributed by atoms with van der Waals surface area (Å²) < 4.78 is 0. The predicted octanol–water partition coefficient (Wildman–Crippen LogP) is 3.28. The van der Waals surface area contributed by atoms with Gasteiger partial charge >= 0.3 is 0 Å². The quantitative estimate of drug-likeness (QED) is 0.543. The SMILES string of the molecule is Cc1[nH]c(-c2ccccc2NCc2ccc(N)cc2)cc1C(N)=O. The lowest BCUT2D eigenvalue weighted by molar-refractivity contribution is 0.1000. The second-order valence-corrected chi connectivity index (χ2v) is 5.73. The molecule has 0 bridgehead atoms. The van der Waals surface area contributed by atoms with Gasteiger partial charge in [0.05, 0.1) is 5.56 Å². The molecule has 3 aromatic rings.